The highest BCUT2D eigenvalue weighted by atomic mass is 16.5. The van der Waals surface area contributed by atoms with E-state index in [1.165, 1.54) is 5.06 Å². The summed E-state index contributed by atoms with van der Waals surface area (Å²) >= 11 is 0. The number of piperidine rings is 1. The first-order valence-corrected chi connectivity index (χ1v) is 5.92. The molecule has 3 heteroatoms. The number of hydrogen-bond acceptors (Lipinski definition) is 3. The minimum Gasteiger partial charge on any atom is -0.378 e. The van der Waals surface area contributed by atoms with Crippen molar-refractivity contribution in [3.05, 3.63) is 0 Å². The normalized spacial score (nSPS) is 30.4. The molecule has 1 unspecified atom stereocenters. The number of hydroxylamine groups is 2. The Hall–Kier alpha value is -0.120. The third kappa shape index (κ3) is 2.19. The number of rotatable bonds is 3. The van der Waals surface area contributed by atoms with Crippen LogP contribution in [0.2, 0.25) is 0 Å². The van der Waals surface area contributed by atoms with Gasteiger partial charge in [-0.1, -0.05) is 20.8 Å². The van der Waals surface area contributed by atoms with Crippen LogP contribution in [-0.4, -0.2) is 35.1 Å². The molecule has 0 bridgehead atoms. The SMILES string of the molecule is CCCOC1CCN(O)C(C)(C)C1(C)C. The van der Waals surface area contributed by atoms with Gasteiger partial charge < -0.3 is 9.94 Å². The second-order valence-corrected chi connectivity index (χ2v) is 5.55. The Morgan fingerprint density at radius 2 is 1.93 bits per heavy atom. The average Bonchev–Trinajstić information content (AvgIpc) is 2.14. The Morgan fingerprint density at radius 3 is 2.47 bits per heavy atom. The molecule has 90 valence electrons. The van der Waals surface area contributed by atoms with Crippen molar-refractivity contribution in [1.82, 2.24) is 5.06 Å². The van der Waals surface area contributed by atoms with Crippen molar-refractivity contribution in [2.75, 3.05) is 13.2 Å². The van der Waals surface area contributed by atoms with E-state index in [1.807, 2.05) is 0 Å². The lowest BCUT2D eigenvalue weighted by molar-refractivity contribution is -0.252. The first-order chi connectivity index (χ1) is 6.84. The van der Waals surface area contributed by atoms with Gasteiger partial charge in [-0.2, -0.15) is 5.06 Å². The van der Waals surface area contributed by atoms with Gasteiger partial charge in [0.05, 0.1) is 6.10 Å². The van der Waals surface area contributed by atoms with Crippen LogP contribution in [0.25, 0.3) is 0 Å². The van der Waals surface area contributed by atoms with Gasteiger partial charge in [-0.15, -0.1) is 0 Å². The van der Waals surface area contributed by atoms with E-state index < -0.39 is 0 Å². The minimum absolute atomic E-state index is 0.0326. The zero-order chi connectivity index (χ0) is 11.7. The van der Waals surface area contributed by atoms with Crippen LogP contribution in [0.5, 0.6) is 0 Å². The van der Waals surface area contributed by atoms with E-state index >= 15 is 0 Å². The Kier molecular flexibility index (Phi) is 3.80. The standard InChI is InChI=1S/C12H25NO2/c1-6-9-15-10-7-8-13(14)12(4,5)11(10,2)3/h10,14H,6-9H2,1-5H3. The third-order valence-electron chi connectivity index (χ3n) is 4.15. The lowest BCUT2D eigenvalue weighted by Crippen LogP contribution is -2.62. The van der Waals surface area contributed by atoms with Crippen molar-refractivity contribution < 1.29 is 9.94 Å². The fourth-order valence-electron chi connectivity index (χ4n) is 2.16. The lowest BCUT2D eigenvalue weighted by Gasteiger charge is -2.54. The summed E-state index contributed by atoms with van der Waals surface area (Å²) in [5, 5.41) is 11.4. The molecule has 1 rings (SSSR count). The van der Waals surface area contributed by atoms with Gasteiger partial charge in [-0.25, -0.2) is 0 Å². The van der Waals surface area contributed by atoms with Crippen LogP contribution < -0.4 is 0 Å². The van der Waals surface area contributed by atoms with Gasteiger partial charge in [-0.3, -0.25) is 0 Å². The van der Waals surface area contributed by atoms with Crippen LogP contribution in [0.3, 0.4) is 0 Å². The van der Waals surface area contributed by atoms with Crippen LogP contribution in [-0.2, 0) is 4.74 Å². The third-order valence-corrected chi connectivity index (χ3v) is 4.15. The molecule has 1 heterocycles. The predicted molar refractivity (Wildman–Crippen MR) is 61.0 cm³/mol. The smallest absolute Gasteiger partial charge is 0.0657 e. The molecule has 0 aromatic carbocycles. The molecule has 1 aliphatic heterocycles. The molecule has 0 aromatic heterocycles. The second-order valence-electron chi connectivity index (χ2n) is 5.55. The summed E-state index contributed by atoms with van der Waals surface area (Å²) in [6, 6.07) is 0. The van der Waals surface area contributed by atoms with Crippen LogP contribution in [0.4, 0.5) is 0 Å². The summed E-state index contributed by atoms with van der Waals surface area (Å²) < 4.78 is 5.89. The monoisotopic (exact) mass is 215 g/mol. The maximum atomic E-state index is 9.89. The van der Waals surface area contributed by atoms with Gasteiger partial charge >= 0.3 is 0 Å². The molecular weight excluding hydrogens is 190 g/mol. The molecule has 0 aromatic rings. The predicted octanol–water partition coefficient (Wildman–Crippen LogP) is 2.68. The van der Waals surface area contributed by atoms with Gasteiger partial charge in [-0.05, 0) is 26.7 Å². The van der Waals surface area contributed by atoms with Crippen molar-refractivity contribution in [2.24, 2.45) is 5.41 Å². The first-order valence-electron chi connectivity index (χ1n) is 5.92. The molecule has 1 atom stereocenters. The fourth-order valence-corrected chi connectivity index (χ4v) is 2.16. The quantitative estimate of drug-likeness (QED) is 0.785. The maximum absolute atomic E-state index is 9.89. The zero-order valence-electron chi connectivity index (χ0n) is 10.7. The van der Waals surface area contributed by atoms with Crippen LogP contribution in [0.15, 0.2) is 0 Å². The molecule has 0 saturated carbocycles. The van der Waals surface area contributed by atoms with Crippen molar-refractivity contribution in [2.45, 2.75) is 59.1 Å². The van der Waals surface area contributed by atoms with E-state index in [0.717, 1.165) is 19.4 Å². The Bertz CT molecular complexity index is 212. The molecule has 1 fully saturated rings. The summed E-state index contributed by atoms with van der Waals surface area (Å²) in [7, 11) is 0. The summed E-state index contributed by atoms with van der Waals surface area (Å²) in [4.78, 5) is 0. The molecule has 0 aliphatic carbocycles. The molecular formula is C12H25NO2. The van der Waals surface area contributed by atoms with E-state index in [4.69, 9.17) is 4.74 Å². The van der Waals surface area contributed by atoms with Crippen molar-refractivity contribution in [3.63, 3.8) is 0 Å². The highest BCUT2D eigenvalue weighted by molar-refractivity contribution is 5.01. The van der Waals surface area contributed by atoms with Gasteiger partial charge in [0.1, 0.15) is 0 Å². The number of ether oxygens (including phenoxy) is 1. The molecule has 3 nitrogen and oxygen atoms in total. The van der Waals surface area contributed by atoms with Gasteiger partial charge in [0.2, 0.25) is 0 Å². The molecule has 1 aliphatic rings. The van der Waals surface area contributed by atoms with E-state index in [2.05, 4.69) is 34.6 Å². The first kappa shape index (κ1) is 12.9. The summed E-state index contributed by atoms with van der Waals surface area (Å²) in [6.07, 6.45) is 2.21. The fraction of sp³-hybridized carbons (Fsp3) is 1.00. The molecule has 1 saturated heterocycles. The van der Waals surface area contributed by atoms with Gasteiger partial charge in [0.15, 0.2) is 0 Å². The average molecular weight is 215 g/mol. The molecule has 0 radical (unpaired) electrons. The summed E-state index contributed by atoms with van der Waals surface area (Å²) in [5.74, 6) is 0. The Labute approximate surface area is 93.4 Å². The van der Waals surface area contributed by atoms with Gasteiger partial charge in [0.25, 0.3) is 0 Å². The van der Waals surface area contributed by atoms with E-state index in [9.17, 15) is 5.21 Å². The number of nitrogens with zero attached hydrogens (tertiary/aromatic N) is 1. The second kappa shape index (κ2) is 4.40. The van der Waals surface area contributed by atoms with Crippen molar-refractivity contribution in [3.8, 4) is 0 Å². The molecule has 0 amide bonds. The summed E-state index contributed by atoms with van der Waals surface area (Å²) in [6.45, 7) is 12.1. The largest absolute Gasteiger partial charge is 0.378 e. The van der Waals surface area contributed by atoms with E-state index in [1.54, 1.807) is 0 Å². The molecule has 15 heavy (non-hydrogen) atoms. The molecule has 1 N–H and O–H groups in total. The minimum atomic E-state index is -0.232. The molecule has 0 spiro atoms. The van der Waals surface area contributed by atoms with Crippen LogP contribution in [0, 0.1) is 5.41 Å². The van der Waals surface area contributed by atoms with E-state index in [0.29, 0.717) is 6.54 Å². The van der Waals surface area contributed by atoms with Gasteiger partial charge in [0, 0.05) is 24.1 Å². The Morgan fingerprint density at radius 1 is 1.33 bits per heavy atom. The summed E-state index contributed by atoms with van der Waals surface area (Å²) in [5.41, 5.74) is -0.265. The zero-order valence-corrected chi connectivity index (χ0v) is 10.7. The highest BCUT2D eigenvalue weighted by Gasteiger charge is 2.50. The highest BCUT2D eigenvalue weighted by Crippen LogP contribution is 2.43. The topological polar surface area (TPSA) is 32.7 Å². The van der Waals surface area contributed by atoms with Crippen LogP contribution in [0.1, 0.15) is 47.5 Å². The lowest BCUT2D eigenvalue weighted by atomic mass is 9.67. The van der Waals surface area contributed by atoms with Crippen molar-refractivity contribution in [1.29, 1.82) is 0 Å². The number of hydrogen-bond donors (Lipinski definition) is 1. The van der Waals surface area contributed by atoms with Crippen molar-refractivity contribution >= 4 is 0 Å². The maximum Gasteiger partial charge on any atom is 0.0657 e. The van der Waals surface area contributed by atoms with E-state index in [-0.39, 0.29) is 17.1 Å². The Balaban J connectivity index is 2.76. The van der Waals surface area contributed by atoms with Crippen LogP contribution >= 0.6 is 0 Å².